The van der Waals surface area contributed by atoms with Gasteiger partial charge in [-0.25, -0.2) is 9.97 Å². The van der Waals surface area contributed by atoms with Crippen LogP contribution in [0.2, 0.25) is 0 Å². The van der Waals surface area contributed by atoms with E-state index in [1.165, 1.54) is 6.42 Å². The van der Waals surface area contributed by atoms with Crippen molar-refractivity contribution in [1.82, 2.24) is 15.0 Å². The predicted octanol–water partition coefficient (Wildman–Crippen LogP) is 6.96. The molecule has 2 aromatic carbocycles. The molecule has 2 aromatic heterocycles. The number of anilines is 2. The molecule has 4 aromatic rings. The van der Waals surface area contributed by atoms with Gasteiger partial charge in [-0.15, -0.1) is 0 Å². The minimum Gasteiger partial charge on any atom is -0.340 e. The molecule has 0 saturated heterocycles. The highest BCUT2D eigenvalue weighted by Crippen LogP contribution is 2.43. The van der Waals surface area contributed by atoms with Crippen LogP contribution in [-0.4, -0.2) is 15.0 Å². The van der Waals surface area contributed by atoms with E-state index < -0.39 is 0 Å². The van der Waals surface area contributed by atoms with Gasteiger partial charge >= 0.3 is 0 Å². The number of benzene rings is 2. The first kappa shape index (κ1) is 20.8. The zero-order valence-corrected chi connectivity index (χ0v) is 19.4. The Hall–Kier alpha value is -3.78. The number of aromatic nitrogens is 3. The first-order chi connectivity index (χ1) is 16.6. The van der Waals surface area contributed by atoms with Crippen molar-refractivity contribution in [2.24, 2.45) is 0 Å². The van der Waals surface area contributed by atoms with E-state index in [1.54, 1.807) is 0 Å². The lowest BCUT2D eigenvalue weighted by atomic mass is 9.65. The third-order valence-electron chi connectivity index (χ3n) is 7.59. The van der Waals surface area contributed by atoms with Gasteiger partial charge in [0, 0.05) is 28.8 Å². The van der Waals surface area contributed by atoms with Gasteiger partial charge in [0.1, 0.15) is 11.6 Å². The van der Waals surface area contributed by atoms with Crippen molar-refractivity contribution in [2.45, 2.75) is 56.8 Å². The van der Waals surface area contributed by atoms with Gasteiger partial charge in [0.05, 0.1) is 22.7 Å². The van der Waals surface area contributed by atoms with Crippen molar-refractivity contribution < 1.29 is 0 Å². The third kappa shape index (κ3) is 3.51. The maximum Gasteiger partial charge on any atom is 0.142 e. The van der Waals surface area contributed by atoms with Crippen molar-refractivity contribution in [3.05, 3.63) is 77.7 Å². The molecule has 168 valence electrons. The van der Waals surface area contributed by atoms with Crippen molar-refractivity contribution in [3.8, 4) is 17.3 Å². The van der Waals surface area contributed by atoms with Crippen LogP contribution >= 0.6 is 0 Å². The molecule has 0 aliphatic heterocycles. The van der Waals surface area contributed by atoms with Gasteiger partial charge in [-0.1, -0.05) is 30.7 Å². The lowest BCUT2D eigenvalue weighted by Gasteiger charge is -2.35. The summed E-state index contributed by atoms with van der Waals surface area (Å²) in [4.78, 5) is 14.5. The van der Waals surface area contributed by atoms with Crippen LogP contribution in [0.4, 0.5) is 11.5 Å². The molecule has 2 aliphatic rings. The van der Waals surface area contributed by atoms with E-state index in [4.69, 9.17) is 9.97 Å². The molecule has 2 saturated carbocycles. The molecular formula is C29H27N5. The molecule has 0 bridgehead atoms. The molecule has 2 heterocycles. The van der Waals surface area contributed by atoms with Crippen LogP contribution < -0.4 is 5.32 Å². The van der Waals surface area contributed by atoms with Gasteiger partial charge in [-0.3, -0.25) is 4.98 Å². The highest BCUT2D eigenvalue weighted by atomic mass is 15.0. The Kier molecular flexibility index (Phi) is 5.03. The van der Waals surface area contributed by atoms with E-state index in [1.807, 2.05) is 12.3 Å². The smallest absolute Gasteiger partial charge is 0.142 e. The van der Waals surface area contributed by atoms with Crippen LogP contribution in [0.5, 0.6) is 0 Å². The van der Waals surface area contributed by atoms with E-state index in [-0.39, 0.29) is 5.41 Å². The second-order valence-electron chi connectivity index (χ2n) is 9.71. The Morgan fingerprint density at radius 1 is 1.00 bits per heavy atom. The van der Waals surface area contributed by atoms with Gasteiger partial charge < -0.3 is 5.32 Å². The van der Waals surface area contributed by atoms with Crippen LogP contribution in [0, 0.1) is 18.3 Å². The van der Waals surface area contributed by atoms with Crippen LogP contribution in [0.25, 0.3) is 22.2 Å². The minimum absolute atomic E-state index is 0.294. The SMILES string of the molecule is Cc1cccnc1-c1ccc2c(Nc3ccc(C4(C#N)CCC4)cc3)nc(C3CCC3)nc2c1. The normalized spacial score (nSPS) is 16.9. The first-order valence-electron chi connectivity index (χ1n) is 12.2. The van der Waals surface area contributed by atoms with Gasteiger partial charge in [-0.2, -0.15) is 5.26 Å². The average Bonchev–Trinajstić information content (AvgIpc) is 2.79. The molecule has 2 aliphatic carbocycles. The van der Waals surface area contributed by atoms with Crippen LogP contribution in [0.15, 0.2) is 60.8 Å². The molecule has 0 unspecified atom stereocenters. The number of aryl methyl sites for hydroxylation is 1. The average molecular weight is 446 g/mol. The summed E-state index contributed by atoms with van der Waals surface area (Å²) in [5, 5.41) is 14.2. The minimum atomic E-state index is -0.294. The highest BCUT2D eigenvalue weighted by molar-refractivity contribution is 5.93. The Bertz CT molecular complexity index is 1410. The summed E-state index contributed by atoms with van der Waals surface area (Å²) in [5.41, 5.74) is 5.94. The molecule has 0 amide bonds. The van der Waals surface area contributed by atoms with E-state index in [0.717, 1.165) is 82.7 Å². The summed E-state index contributed by atoms with van der Waals surface area (Å²) in [6.07, 6.45) is 8.41. The summed E-state index contributed by atoms with van der Waals surface area (Å²) in [7, 11) is 0. The molecule has 0 atom stereocenters. The molecule has 34 heavy (non-hydrogen) atoms. The maximum atomic E-state index is 9.66. The Balaban J connectivity index is 1.38. The number of hydrogen-bond donors (Lipinski definition) is 1. The van der Waals surface area contributed by atoms with Crippen molar-refractivity contribution in [3.63, 3.8) is 0 Å². The quantitative estimate of drug-likeness (QED) is 0.359. The van der Waals surface area contributed by atoms with E-state index in [9.17, 15) is 5.26 Å². The zero-order chi connectivity index (χ0) is 23.1. The number of nitrogens with zero attached hydrogens (tertiary/aromatic N) is 4. The summed E-state index contributed by atoms with van der Waals surface area (Å²) in [5.74, 6) is 2.19. The van der Waals surface area contributed by atoms with Gasteiger partial charge in [0.25, 0.3) is 0 Å². The largest absolute Gasteiger partial charge is 0.340 e. The van der Waals surface area contributed by atoms with Gasteiger partial charge in [0.2, 0.25) is 0 Å². The number of hydrogen-bond acceptors (Lipinski definition) is 5. The highest BCUT2D eigenvalue weighted by Gasteiger charge is 2.38. The number of nitriles is 1. The number of rotatable bonds is 5. The lowest BCUT2D eigenvalue weighted by molar-refractivity contribution is 0.324. The standard InChI is InChI=1S/C29H27N5/c1-19-5-3-16-31-26(19)21-8-13-24-25(17-21)33-27(20-6-2-7-20)34-28(24)32-23-11-9-22(10-12-23)29(18-30)14-4-15-29/h3,5,8-13,16-17,20H,2,4,6-7,14-15H2,1H3,(H,32,33,34). The van der Waals surface area contributed by atoms with Gasteiger partial charge in [-0.05, 0) is 80.5 Å². The number of nitrogens with one attached hydrogen (secondary N) is 1. The summed E-state index contributed by atoms with van der Waals surface area (Å²) in [6, 6.07) is 21.2. The zero-order valence-electron chi connectivity index (χ0n) is 19.4. The van der Waals surface area contributed by atoms with Crippen molar-refractivity contribution in [2.75, 3.05) is 5.32 Å². The molecule has 5 heteroatoms. The maximum absolute atomic E-state index is 9.66. The molecule has 1 N–H and O–H groups in total. The Labute approximate surface area is 199 Å². The molecule has 2 fully saturated rings. The monoisotopic (exact) mass is 445 g/mol. The number of pyridine rings is 1. The summed E-state index contributed by atoms with van der Waals surface area (Å²) >= 11 is 0. The number of fused-ring (bicyclic) bond motifs is 1. The second-order valence-corrected chi connectivity index (χ2v) is 9.71. The predicted molar refractivity (Wildman–Crippen MR) is 135 cm³/mol. The van der Waals surface area contributed by atoms with Crippen molar-refractivity contribution >= 4 is 22.4 Å². The van der Waals surface area contributed by atoms with Crippen LogP contribution in [-0.2, 0) is 5.41 Å². The van der Waals surface area contributed by atoms with Crippen LogP contribution in [0.1, 0.15) is 61.4 Å². The van der Waals surface area contributed by atoms with Crippen LogP contribution in [0.3, 0.4) is 0 Å². The fraction of sp³-hybridized carbons (Fsp3) is 0.310. The molecule has 5 nitrogen and oxygen atoms in total. The summed E-state index contributed by atoms with van der Waals surface area (Å²) in [6.45, 7) is 2.09. The second kappa shape index (κ2) is 8.22. The molecule has 6 rings (SSSR count). The Morgan fingerprint density at radius 3 is 2.47 bits per heavy atom. The van der Waals surface area contributed by atoms with Gasteiger partial charge in [0.15, 0.2) is 0 Å². The van der Waals surface area contributed by atoms with Crippen molar-refractivity contribution in [1.29, 1.82) is 5.26 Å². The fourth-order valence-electron chi connectivity index (χ4n) is 5.03. The topological polar surface area (TPSA) is 74.5 Å². The molecular weight excluding hydrogens is 418 g/mol. The molecule has 0 spiro atoms. The van der Waals surface area contributed by atoms with E-state index in [0.29, 0.717) is 5.92 Å². The van der Waals surface area contributed by atoms with E-state index in [2.05, 4.69) is 71.8 Å². The van der Waals surface area contributed by atoms with E-state index >= 15 is 0 Å². The Morgan fingerprint density at radius 2 is 1.82 bits per heavy atom. The summed E-state index contributed by atoms with van der Waals surface area (Å²) < 4.78 is 0. The first-order valence-corrected chi connectivity index (χ1v) is 12.2. The fourth-order valence-corrected chi connectivity index (χ4v) is 5.03. The third-order valence-corrected chi connectivity index (χ3v) is 7.59. The molecule has 0 radical (unpaired) electrons. The lowest BCUT2D eigenvalue weighted by Crippen LogP contribution is -2.32.